The van der Waals surface area contributed by atoms with Gasteiger partial charge in [0.25, 0.3) is 0 Å². The summed E-state index contributed by atoms with van der Waals surface area (Å²) < 4.78 is 0. The standard InChI is InChI=1S/C18H19N3O2/c1-4-7-20-18(23)15(10-19)17(22)14-9-13-8-11(2)5-6-16(13)21-12(14)3/h5-6,8-9,15H,4,7H2,1-3H3,(H,20,23). The van der Waals surface area contributed by atoms with Crippen molar-refractivity contribution in [2.24, 2.45) is 5.92 Å². The number of fused-ring (bicyclic) bond motifs is 1. The molecule has 1 aromatic carbocycles. The van der Waals surface area contributed by atoms with Gasteiger partial charge in [-0.05, 0) is 38.5 Å². The van der Waals surface area contributed by atoms with Crippen LogP contribution < -0.4 is 5.32 Å². The molecule has 0 aliphatic heterocycles. The molecule has 0 spiro atoms. The Bertz CT molecular complexity index is 806. The number of carbonyl (C=O) groups excluding carboxylic acids is 2. The average Bonchev–Trinajstić information content (AvgIpc) is 2.53. The zero-order chi connectivity index (χ0) is 17.0. The molecule has 0 saturated carbocycles. The molecule has 5 nitrogen and oxygen atoms in total. The van der Waals surface area contributed by atoms with Gasteiger partial charge in [-0.3, -0.25) is 14.6 Å². The Morgan fingerprint density at radius 3 is 2.70 bits per heavy atom. The van der Waals surface area contributed by atoms with E-state index in [9.17, 15) is 14.9 Å². The third-order valence-corrected chi connectivity index (χ3v) is 3.63. The summed E-state index contributed by atoms with van der Waals surface area (Å²) in [6.45, 7) is 6.02. The highest BCUT2D eigenvalue weighted by molar-refractivity contribution is 6.13. The zero-order valence-corrected chi connectivity index (χ0v) is 13.5. The summed E-state index contributed by atoms with van der Waals surface area (Å²) >= 11 is 0. The van der Waals surface area contributed by atoms with E-state index in [4.69, 9.17) is 0 Å². The normalized spacial score (nSPS) is 11.7. The van der Waals surface area contributed by atoms with E-state index in [0.29, 0.717) is 17.8 Å². The number of hydrogen-bond acceptors (Lipinski definition) is 4. The number of Topliss-reactive ketones (excluding diaryl/α,β-unsaturated/α-hetero) is 1. The van der Waals surface area contributed by atoms with E-state index in [1.165, 1.54) is 0 Å². The van der Waals surface area contributed by atoms with Crippen LogP contribution >= 0.6 is 0 Å². The number of nitriles is 1. The van der Waals surface area contributed by atoms with Crippen LogP contribution in [-0.2, 0) is 4.79 Å². The molecule has 118 valence electrons. The van der Waals surface area contributed by atoms with Gasteiger partial charge in [0.05, 0.1) is 11.6 Å². The minimum absolute atomic E-state index is 0.321. The monoisotopic (exact) mass is 309 g/mol. The van der Waals surface area contributed by atoms with Gasteiger partial charge in [-0.15, -0.1) is 0 Å². The summed E-state index contributed by atoms with van der Waals surface area (Å²) in [6.07, 6.45) is 0.744. The van der Waals surface area contributed by atoms with Gasteiger partial charge in [-0.2, -0.15) is 5.26 Å². The second kappa shape index (κ2) is 7.01. The van der Waals surface area contributed by atoms with Crippen molar-refractivity contribution in [2.45, 2.75) is 27.2 Å². The average molecular weight is 309 g/mol. The topological polar surface area (TPSA) is 82.9 Å². The van der Waals surface area contributed by atoms with Crippen LogP contribution in [0.2, 0.25) is 0 Å². The number of aromatic nitrogens is 1. The molecule has 1 amide bonds. The van der Waals surface area contributed by atoms with E-state index in [1.54, 1.807) is 19.1 Å². The van der Waals surface area contributed by atoms with Gasteiger partial charge in [-0.25, -0.2) is 0 Å². The number of pyridine rings is 1. The van der Waals surface area contributed by atoms with Crippen molar-refractivity contribution in [1.82, 2.24) is 10.3 Å². The van der Waals surface area contributed by atoms with Crippen molar-refractivity contribution in [3.8, 4) is 6.07 Å². The minimum atomic E-state index is -1.34. The largest absolute Gasteiger partial charge is 0.355 e. The number of hydrogen-bond donors (Lipinski definition) is 1. The van der Waals surface area contributed by atoms with Gasteiger partial charge in [0.1, 0.15) is 0 Å². The quantitative estimate of drug-likeness (QED) is 0.680. The number of amides is 1. The number of aryl methyl sites for hydroxylation is 2. The van der Waals surface area contributed by atoms with Crippen LogP contribution in [0.15, 0.2) is 24.3 Å². The third-order valence-electron chi connectivity index (χ3n) is 3.63. The highest BCUT2D eigenvalue weighted by atomic mass is 16.2. The molecule has 1 N–H and O–H groups in total. The predicted molar refractivity (Wildman–Crippen MR) is 88.0 cm³/mol. The molecule has 0 bridgehead atoms. The number of nitrogens with zero attached hydrogens (tertiary/aromatic N) is 2. The van der Waals surface area contributed by atoms with Gasteiger partial charge in [0.15, 0.2) is 11.7 Å². The first-order valence-corrected chi connectivity index (χ1v) is 7.57. The van der Waals surface area contributed by atoms with E-state index in [0.717, 1.165) is 22.9 Å². The Morgan fingerprint density at radius 1 is 1.30 bits per heavy atom. The van der Waals surface area contributed by atoms with Gasteiger partial charge >= 0.3 is 0 Å². The van der Waals surface area contributed by atoms with Gasteiger partial charge in [0, 0.05) is 23.2 Å². The summed E-state index contributed by atoms with van der Waals surface area (Å²) in [5, 5.41) is 12.6. The summed E-state index contributed by atoms with van der Waals surface area (Å²) in [5.41, 5.74) is 2.68. The van der Waals surface area contributed by atoms with Crippen LogP contribution in [0.4, 0.5) is 0 Å². The van der Waals surface area contributed by atoms with E-state index in [1.807, 2.05) is 32.0 Å². The molecule has 2 aromatic rings. The highest BCUT2D eigenvalue weighted by Gasteiger charge is 2.28. The maximum atomic E-state index is 12.6. The maximum Gasteiger partial charge on any atom is 0.245 e. The summed E-state index contributed by atoms with van der Waals surface area (Å²) in [6, 6.07) is 9.29. The molecule has 1 unspecified atom stereocenters. The number of nitrogens with one attached hydrogen (secondary N) is 1. The first-order chi connectivity index (χ1) is 11.0. The summed E-state index contributed by atoms with van der Waals surface area (Å²) in [4.78, 5) is 29.0. The molecule has 1 heterocycles. The minimum Gasteiger partial charge on any atom is -0.355 e. The van der Waals surface area contributed by atoms with Crippen LogP contribution in [-0.4, -0.2) is 23.2 Å². The Balaban J connectivity index is 2.41. The van der Waals surface area contributed by atoms with E-state index in [2.05, 4.69) is 10.3 Å². The Hall–Kier alpha value is -2.74. The fourth-order valence-electron chi connectivity index (χ4n) is 2.38. The fourth-order valence-corrected chi connectivity index (χ4v) is 2.38. The number of ketones is 1. The first-order valence-electron chi connectivity index (χ1n) is 7.57. The number of carbonyl (C=O) groups is 2. The van der Waals surface area contributed by atoms with E-state index in [-0.39, 0.29) is 0 Å². The predicted octanol–water partition coefficient (Wildman–Crippen LogP) is 2.70. The molecule has 1 atom stereocenters. The highest BCUT2D eigenvalue weighted by Crippen LogP contribution is 2.20. The molecular formula is C18H19N3O2. The molecule has 0 aliphatic rings. The molecule has 5 heteroatoms. The van der Waals surface area contributed by atoms with Crippen molar-refractivity contribution in [1.29, 1.82) is 5.26 Å². The van der Waals surface area contributed by atoms with E-state index >= 15 is 0 Å². The Morgan fingerprint density at radius 2 is 2.04 bits per heavy atom. The second-order valence-corrected chi connectivity index (χ2v) is 5.53. The molecule has 2 rings (SSSR count). The second-order valence-electron chi connectivity index (χ2n) is 5.53. The first kappa shape index (κ1) is 16.6. The van der Waals surface area contributed by atoms with Crippen LogP contribution in [0, 0.1) is 31.1 Å². The van der Waals surface area contributed by atoms with Gasteiger partial charge in [-0.1, -0.05) is 18.6 Å². The van der Waals surface area contributed by atoms with Crippen molar-refractivity contribution < 1.29 is 9.59 Å². The Kier molecular flexibility index (Phi) is 5.07. The molecule has 0 saturated heterocycles. The lowest BCUT2D eigenvalue weighted by molar-refractivity contribution is -0.122. The molecule has 1 aromatic heterocycles. The zero-order valence-electron chi connectivity index (χ0n) is 13.5. The lowest BCUT2D eigenvalue weighted by Crippen LogP contribution is -2.35. The van der Waals surface area contributed by atoms with Crippen LogP contribution in [0.25, 0.3) is 10.9 Å². The van der Waals surface area contributed by atoms with Gasteiger partial charge < -0.3 is 5.32 Å². The lowest BCUT2D eigenvalue weighted by atomic mass is 9.95. The van der Waals surface area contributed by atoms with Crippen LogP contribution in [0.5, 0.6) is 0 Å². The number of benzene rings is 1. The number of rotatable bonds is 5. The molecule has 23 heavy (non-hydrogen) atoms. The Labute approximate surface area is 135 Å². The lowest BCUT2D eigenvalue weighted by Gasteiger charge is -2.11. The third kappa shape index (κ3) is 3.54. The van der Waals surface area contributed by atoms with Crippen molar-refractivity contribution in [2.75, 3.05) is 6.54 Å². The van der Waals surface area contributed by atoms with Crippen molar-refractivity contribution in [3.05, 3.63) is 41.1 Å². The molecular weight excluding hydrogens is 290 g/mol. The summed E-state index contributed by atoms with van der Waals surface area (Å²) in [7, 11) is 0. The maximum absolute atomic E-state index is 12.6. The SMILES string of the molecule is CCCNC(=O)C(C#N)C(=O)c1cc2cc(C)ccc2nc1C. The van der Waals surface area contributed by atoms with E-state index < -0.39 is 17.6 Å². The molecule has 0 radical (unpaired) electrons. The summed E-state index contributed by atoms with van der Waals surface area (Å²) in [5.74, 6) is -2.40. The molecule has 0 fully saturated rings. The smallest absolute Gasteiger partial charge is 0.245 e. The van der Waals surface area contributed by atoms with Crippen LogP contribution in [0.3, 0.4) is 0 Å². The van der Waals surface area contributed by atoms with Gasteiger partial charge in [0.2, 0.25) is 5.91 Å². The van der Waals surface area contributed by atoms with Crippen molar-refractivity contribution >= 4 is 22.6 Å². The van der Waals surface area contributed by atoms with Crippen molar-refractivity contribution in [3.63, 3.8) is 0 Å². The van der Waals surface area contributed by atoms with Crippen LogP contribution in [0.1, 0.15) is 35.0 Å². The fraction of sp³-hybridized carbons (Fsp3) is 0.333. The molecule has 0 aliphatic carbocycles.